The molecule has 0 bridgehead atoms. The summed E-state index contributed by atoms with van der Waals surface area (Å²) in [6, 6.07) is 26.1. The molecule has 4 aliphatic heterocycles. The first-order chi connectivity index (χ1) is 36.4. The number of amides is 2. The van der Waals surface area contributed by atoms with Gasteiger partial charge >= 0.3 is 6.01 Å². The van der Waals surface area contributed by atoms with Crippen LogP contribution in [-0.4, -0.2) is 148 Å². The summed E-state index contributed by atoms with van der Waals surface area (Å²) in [5.74, 6) is 0.125. The number of carbonyl (C=O) groups is 2. The Balaban J connectivity index is 0.000000178. The molecule has 75 heavy (non-hydrogen) atoms. The molecule has 0 saturated carbocycles. The van der Waals surface area contributed by atoms with Gasteiger partial charge in [0.2, 0.25) is 0 Å². The van der Waals surface area contributed by atoms with Crippen LogP contribution >= 0.6 is 11.6 Å². The van der Waals surface area contributed by atoms with E-state index < -0.39 is 17.8 Å². The van der Waals surface area contributed by atoms with Crippen LogP contribution < -0.4 is 24.8 Å². The number of fused-ring (bicyclic) bond motifs is 3. The zero-order valence-corrected chi connectivity index (χ0v) is 43.3. The zero-order valence-electron chi connectivity index (χ0n) is 42.5. The minimum Gasteiger partial charge on any atom is -0.462 e. The molecule has 4 aliphatic rings. The maximum Gasteiger partial charge on any atom is 0.318 e. The fourth-order valence-corrected chi connectivity index (χ4v) is 10.8. The summed E-state index contributed by atoms with van der Waals surface area (Å²) in [7, 11) is 6.12. The van der Waals surface area contributed by atoms with Crippen LogP contribution in [0.1, 0.15) is 40.9 Å². The van der Waals surface area contributed by atoms with E-state index in [1.165, 1.54) is 4.90 Å². The lowest BCUT2D eigenvalue weighted by Crippen LogP contribution is -2.55. The van der Waals surface area contributed by atoms with Gasteiger partial charge in [0.25, 0.3) is 11.8 Å². The van der Waals surface area contributed by atoms with Crippen molar-refractivity contribution >= 4 is 68.1 Å². The van der Waals surface area contributed by atoms with Crippen LogP contribution in [0.2, 0.25) is 5.02 Å². The lowest BCUT2D eigenvalue weighted by atomic mass is 10.0. The summed E-state index contributed by atoms with van der Waals surface area (Å²) in [6.45, 7) is 10.8. The molecule has 19 heteroatoms. The molecule has 3 aromatic carbocycles. The van der Waals surface area contributed by atoms with Gasteiger partial charge in [-0.25, -0.2) is 14.4 Å². The van der Waals surface area contributed by atoms with Crippen LogP contribution in [-0.2, 0) is 24.8 Å². The van der Waals surface area contributed by atoms with Crippen LogP contribution in [0.5, 0.6) is 6.01 Å². The Bertz CT molecular complexity index is 3300. The first kappa shape index (κ1) is 50.8. The van der Waals surface area contributed by atoms with Gasteiger partial charge in [0, 0.05) is 117 Å². The van der Waals surface area contributed by atoms with Crippen molar-refractivity contribution in [3.05, 3.63) is 132 Å². The smallest absolute Gasteiger partial charge is 0.318 e. The highest BCUT2D eigenvalue weighted by Crippen LogP contribution is 2.38. The summed E-state index contributed by atoms with van der Waals surface area (Å²) in [6.07, 6.45) is 10.3. The number of aryl methyl sites for hydroxylation is 1. The highest BCUT2D eigenvalue weighted by atomic mass is 35.5. The van der Waals surface area contributed by atoms with Gasteiger partial charge in [-0.15, -0.1) is 0 Å². The molecule has 1 N–H and O–H groups in total. The minimum atomic E-state index is -1.02. The lowest BCUT2D eigenvalue weighted by molar-refractivity contribution is -0.131. The quantitative estimate of drug-likeness (QED) is 0.125. The van der Waals surface area contributed by atoms with Crippen LogP contribution in [0, 0.1) is 11.3 Å². The standard InChI is InChI=1S/C32H35ClFN7O2.C24H25N7O/c1-21(34)31(42)41-17-16-40(18-23(41)11-13-35)30-25-12-15-39(28-10-4-7-22-6-3-9-26(33)29(22)28)19-27(25)36-32(37-30)43-20-24-8-5-14-38(24)2;1-29-7-9-31(10-8-29)23-13-18(5-6-25-23)24(32)28-22-12-20-11-17(3-4-19(20)14-26-22)21-15-27-30(2)16-21/h3-4,6-7,9-10,23-24H,1,5,8,11-12,14-20H2,2H3;3-6,11-16H,7-10H2,1-2H3,(H,26,28,32). The number of halogens is 2. The molecule has 0 aliphatic carbocycles. The van der Waals surface area contributed by atoms with Gasteiger partial charge in [-0.2, -0.15) is 20.3 Å². The Morgan fingerprint density at radius 2 is 1.67 bits per heavy atom. The normalized spacial score (nSPS) is 18.1. The maximum atomic E-state index is 13.8. The predicted molar refractivity (Wildman–Crippen MR) is 291 cm³/mol. The average molecular weight is 1030 g/mol. The van der Waals surface area contributed by atoms with Gasteiger partial charge in [0.15, 0.2) is 5.83 Å². The average Bonchev–Trinajstić information content (AvgIpc) is 4.06. The molecular weight excluding hydrogens is 971 g/mol. The number of anilines is 4. The van der Waals surface area contributed by atoms with Crippen LogP contribution in [0.25, 0.3) is 32.7 Å². The van der Waals surface area contributed by atoms with Crippen molar-refractivity contribution < 1.29 is 18.7 Å². The minimum absolute atomic E-state index is 0.0792. The van der Waals surface area contributed by atoms with Crippen molar-refractivity contribution in [1.82, 2.24) is 44.4 Å². The second-order valence-electron chi connectivity index (χ2n) is 19.7. The molecule has 0 spiro atoms. The molecule has 2 unspecified atom stereocenters. The largest absolute Gasteiger partial charge is 0.462 e. The molecule has 7 aromatic rings. The highest BCUT2D eigenvalue weighted by Gasteiger charge is 2.35. The van der Waals surface area contributed by atoms with Crippen molar-refractivity contribution in [2.24, 2.45) is 7.05 Å². The van der Waals surface area contributed by atoms with E-state index in [9.17, 15) is 19.2 Å². The lowest BCUT2D eigenvalue weighted by Gasteiger charge is -2.42. The number of nitriles is 1. The van der Waals surface area contributed by atoms with E-state index in [0.717, 1.165) is 113 Å². The first-order valence-electron chi connectivity index (χ1n) is 25.4. The van der Waals surface area contributed by atoms with Gasteiger partial charge in [0.05, 0.1) is 42.0 Å². The van der Waals surface area contributed by atoms with Crippen molar-refractivity contribution in [1.29, 1.82) is 5.26 Å². The maximum absolute atomic E-state index is 13.8. The van der Waals surface area contributed by atoms with Crippen LogP contribution in [0.4, 0.5) is 27.5 Å². The predicted octanol–water partition coefficient (Wildman–Crippen LogP) is 7.77. The molecule has 8 heterocycles. The number of likely N-dealkylation sites (N-methyl/N-ethyl adjacent to an activating group) is 2. The number of likely N-dealkylation sites (tertiary alicyclic amines) is 1. The van der Waals surface area contributed by atoms with Gasteiger partial charge in [0.1, 0.15) is 24.1 Å². The number of pyridine rings is 2. The molecule has 2 atom stereocenters. The van der Waals surface area contributed by atoms with Crippen LogP contribution in [0.3, 0.4) is 0 Å². The summed E-state index contributed by atoms with van der Waals surface area (Å²) in [5.41, 5.74) is 5.64. The monoisotopic (exact) mass is 1030 g/mol. The number of piperazine rings is 2. The first-order valence-corrected chi connectivity index (χ1v) is 25.8. The van der Waals surface area contributed by atoms with Crippen molar-refractivity contribution in [2.75, 3.05) is 99.6 Å². The molecule has 0 radical (unpaired) electrons. The number of nitrogens with zero attached hydrogens (tertiary/aromatic N) is 13. The third-order valence-corrected chi connectivity index (χ3v) is 15.0. The van der Waals surface area contributed by atoms with E-state index in [0.29, 0.717) is 61.1 Å². The summed E-state index contributed by atoms with van der Waals surface area (Å²) in [4.78, 5) is 56.7. The topological polar surface area (TPSA) is 168 Å². The van der Waals surface area contributed by atoms with Gasteiger partial charge in [-0.3, -0.25) is 14.3 Å². The summed E-state index contributed by atoms with van der Waals surface area (Å²) in [5, 5.41) is 21.5. The number of aromatic nitrogens is 6. The van der Waals surface area contributed by atoms with E-state index in [4.69, 9.17) is 26.3 Å². The number of nitrogens with one attached hydrogen (secondary N) is 1. The molecule has 2 amide bonds. The summed E-state index contributed by atoms with van der Waals surface area (Å²) >= 11 is 6.68. The molecular formula is C56H60ClFN14O3. The molecule has 386 valence electrons. The van der Waals surface area contributed by atoms with Crippen molar-refractivity contribution in [2.45, 2.75) is 44.3 Å². The Morgan fingerprint density at radius 3 is 2.43 bits per heavy atom. The number of carbonyl (C=O) groups excluding carboxylic acids is 2. The fourth-order valence-electron chi connectivity index (χ4n) is 10.5. The third kappa shape index (κ3) is 11.4. The molecule has 11 rings (SSSR count). The molecule has 3 saturated heterocycles. The SMILES string of the molecule is C=C(F)C(=O)N1CCN(c2nc(OCC3CCCN3C)nc3c2CCN(c2cccc4cccc(Cl)c24)C3)CC1CC#N.CN1CCN(c2cc(C(=O)Nc3cc4cc(-c5cnn(C)c5)ccc4cn3)ccn2)CC1. The number of benzene rings is 3. The van der Waals surface area contributed by atoms with E-state index in [-0.39, 0.29) is 18.9 Å². The molecule has 4 aromatic heterocycles. The van der Waals surface area contributed by atoms with E-state index in [1.807, 2.05) is 55.8 Å². The van der Waals surface area contributed by atoms with Gasteiger partial charge < -0.3 is 39.5 Å². The highest BCUT2D eigenvalue weighted by molar-refractivity contribution is 6.36. The Morgan fingerprint density at radius 1 is 0.853 bits per heavy atom. The molecule has 3 fully saturated rings. The van der Waals surface area contributed by atoms with E-state index in [1.54, 1.807) is 23.1 Å². The van der Waals surface area contributed by atoms with Gasteiger partial charge in [-0.1, -0.05) is 54.6 Å². The second-order valence-corrected chi connectivity index (χ2v) is 20.1. The van der Waals surface area contributed by atoms with Gasteiger partial charge in [-0.05, 0) is 92.6 Å². The number of ether oxygens (including phenoxy) is 1. The molecule has 17 nitrogen and oxygen atoms in total. The number of rotatable bonds is 11. The zero-order chi connectivity index (χ0) is 52.2. The van der Waals surface area contributed by atoms with Crippen molar-refractivity contribution in [3.63, 3.8) is 0 Å². The summed E-state index contributed by atoms with van der Waals surface area (Å²) < 4.78 is 21.8. The Hall–Kier alpha value is -7.72. The number of hydrogen-bond donors (Lipinski definition) is 1. The third-order valence-electron chi connectivity index (χ3n) is 14.7. The Kier molecular flexibility index (Phi) is 15.2. The van der Waals surface area contributed by atoms with E-state index in [2.05, 4.69) is 102 Å². The van der Waals surface area contributed by atoms with E-state index >= 15 is 0 Å². The van der Waals surface area contributed by atoms with Crippen molar-refractivity contribution in [3.8, 4) is 23.2 Å². The second kappa shape index (κ2) is 22.4. The Labute approximate surface area is 440 Å². The fraction of sp³-hybridized carbons (Fsp3) is 0.357. The van der Waals surface area contributed by atoms with Crippen LogP contribution in [0.15, 0.2) is 110 Å². The number of hydrogen-bond acceptors (Lipinski definition) is 14.